The molecule has 5 heteroatoms. The molecule has 0 amide bonds. The summed E-state index contributed by atoms with van der Waals surface area (Å²) in [7, 11) is 0. The third-order valence-corrected chi connectivity index (χ3v) is 3.67. The minimum Gasteiger partial charge on any atom is -0.478 e. The van der Waals surface area contributed by atoms with Gasteiger partial charge in [0.25, 0.3) is 0 Å². The summed E-state index contributed by atoms with van der Waals surface area (Å²) >= 11 is 0. The quantitative estimate of drug-likeness (QED) is 0.666. The van der Waals surface area contributed by atoms with E-state index < -0.39 is 12.1 Å². The summed E-state index contributed by atoms with van der Waals surface area (Å²) in [6.45, 7) is 2.04. The van der Waals surface area contributed by atoms with E-state index in [0.29, 0.717) is 12.0 Å². The van der Waals surface area contributed by atoms with Crippen molar-refractivity contribution in [2.45, 2.75) is 57.3 Å². The van der Waals surface area contributed by atoms with Crippen LogP contribution in [0.15, 0.2) is 24.3 Å². The molecule has 5 nitrogen and oxygen atoms in total. The summed E-state index contributed by atoms with van der Waals surface area (Å²) in [6.07, 6.45) is 3.55. The zero-order valence-electron chi connectivity index (χ0n) is 12.4. The van der Waals surface area contributed by atoms with E-state index in [1.807, 2.05) is 6.92 Å². The van der Waals surface area contributed by atoms with Crippen LogP contribution in [0, 0.1) is 0 Å². The van der Waals surface area contributed by atoms with E-state index in [9.17, 15) is 9.90 Å². The minimum atomic E-state index is -0.985. The van der Waals surface area contributed by atoms with Crippen LogP contribution in [0.2, 0.25) is 0 Å². The van der Waals surface area contributed by atoms with Crippen LogP contribution in [0.3, 0.4) is 0 Å². The molecule has 0 heterocycles. The Hall–Kier alpha value is -1.43. The lowest BCUT2D eigenvalue weighted by atomic mass is 9.90. The lowest BCUT2D eigenvalue weighted by molar-refractivity contribution is 0.0686. The highest BCUT2D eigenvalue weighted by Crippen LogP contribution is 2.22. The second kappa shape index (κ2) is 8.77. The molecule has 5 N–H and O–H groups in total. The van der Waals surface area contributed by atoms with Crippen LogP contribution in [0.5, 0.6) is 0 Å². The fourth-order valence-corrected chi connectivity index (χ4v) is 2.04. The van der Waals surface area contributed by atoms with Gasteiger partial charge in [-0.3, -0.25) is 0 Å². The average molecular weight is 295 g/mol. The second-order valence-electron chi connectivity index (χ2n) is 5.36. The Morgan fingerprint density at radius 3 is 2.43 bits per heavy atom. The molecule has 1 aliphatic rings. The molecule has 0 spiro atoms. The maximum Gasteiger partial charge on any atom is 0.336 e. The molecule has 3 unspecified atom stereocenters. The number of hydrogen-bond acceptors (Lipinski definition) is 4. The molecule has 0 bridgehead atoms. The zero-order valence-corrected chi connectivity index (χ0v) is 12.4. The van der Waals surface area contributed by atoms with Gasteiger partial charge < -0.3 is 21.1 Å². The summed E-state index contributed by atoms with van der Waals surface area (Å²) in [5.41, 5.74) is 5.98. The van der Waals surface area contributed by atoms with Crippen molar-refractivity contribution in [3.8, 4) is 0 Å². The van der Waals surface area contributed by atoms with Crippen LogP contribution in [0.4, 0.5) is 0 Å². The summed E-state index contributed by atoms with van der Waals surface area (Å²) in [4.78, 5) is 10.9. The summed E-state index contributed by atoms with van der Waals surface area (Å²) in [5, 5.41) is 27.3. The molecule has 118 valence electrons. The maximum atomic E-state index is 10.9. The van der Waals surface area contributed by atoms with Gasteiger partial charge >= 0.3 is 5.97 Å². The van der Waals surface area contributed by atoms with Gasteiger partial charge in [-0.1, -0.05) is 38.0 Å². The number of aliphatic hydroxyl groups excluding tert-OH is 2. The van der Waals surface area contributed by atoms with Crippen LogP contribution < -0.4 is 5.73 Å². The Morgan fingerprint density at radius 1 is 1.38 bits per heavy atom. The van der Waals surface area contributed by atoms with E-state index in [1.54, 1.807) is 18.2 Å². The number of unbranched alkanes of at least 4 members (excludes halogenated alkanes) is 1. The van der Waals surface area contributed by atoms with Crippen molar-refractivity contribution in [1.82, 2.24) is 0 Å². The Bertz CT molecular complexity index is 442. The topological polar surface area (TPSA) is 104 Å². The lowest BCUT2D eigenvalue weighted by Gasteiger charge is -2.27. The van der Waals surface area contributed by atoms with Gasteiger partial charge in [-0.05, 0) is 30.9 Å². The number of aromatic carboxylic acids is 1. The first kappa shape index (κ1) is 17.6. The van der Waals surface area contributed by atoms with E-state index in [0.717, 1.165) is 25.7 Å². The molecule has 1 aromatic rings. The van der Waals surface area contributed by atoms with E-state index >= 15 is 0 Å². The van der Waals surface area contributed by atoms with Crippen LogP contribution in [0.25, 0.3) is 0 Å². The van der Waals surface area contributed by atoms with Gasteiger partial charge in [0.2, 0.25) is 0 Å². The van der Waals surface area contributed by atoms with Crippen LogP contribution >= 0.6 is 0 Å². The number of aliphatic hydroxyl groups is 2. The standard InChI is InChI=1S/C12H16O3.C4H9NO/c1-2-3-8-11(13)9-6-4-5-7-10(9)12(14)15;5-3-1-2-4(3)6/h4-7,11,13H,2-3,8H2,1H3,(H,14,15);3-4,6H,1-2,5H2. The summed E-state index contributed by atoms with van der Waals surface area (Å²) in [5.74, 6) is -0.985. The van der Waals surface area contributed by atoms with Gasteiger partial charge in [0.15, 0.2) is 0 Å². The average Bonchev–Trinajstić information content (AvgIpc) is 2.51. The summed E-state index contributed by atoms with van der Waals surface area (Å²) in [6, 6.07) is 6.69. The van der Waals surface area contributed by atoms with Crippen molar-refractivity contribution in [1.29, 1.82) is 0 Å². The second-order valence-corrected chi connectivity index (χ2v) is 5.36. The molecule has 0 saturated heterocycles. The highest BCUT2D eigenvalue weighted by atomic mass is 16.4. The number of hydrogen-bond donors (Lipinski definition) is 4. The SMILES string of the molecule is CCCCC(O)c1ccccc1C(=O)O.NC1CCC1O. The first-order valence-corrected chi connectivity index (χ1v) is 7.41. The van der Waals surface area contributed by atoms with Crippen molar-refractivity contribution in [3.05, 3.63) is 35.4 Å². The number of nitrogens with two attached hydrogens (primary N) is 1. The predicted octanol–water partition coefficient (Wildman–Crippen LogP) is 2.08. The highest BCUT2D eigenvalue weighted by molar-refractivity contribution is 5.89. The number of rotatable bonds is 5. The van der Waals surface area contributed by atoms with Crippen LogP contribution in [-0.4, -0.2) is 33.4 Å². The highest BCUT2D eigenvalue weighted by Gasteiger charge is 2.23. The largest absolute Gasteiger partial charge is 0.478 e. The van der Waals surface area contributed by atoms with Gasteiger partial charge in [0, 0.05) is 6.04 Å². The molecule has 3 atom stereocenters. The Labute approximate surface area is 125 Å². The molecule has 1 fully saturated rings. The van der Waals surface area contributed by atoms with E-state index in [2.05, 4.69) is 0 Å². The molecular formula is C16H25NO4. The number of carboxylic acids is 1. The monoisotopic (exact) mass is 295 g/mol. The first-order valence-electron chi connectivity index (χ1n) is 7.41. The fraction of sp³-hybridized carbons (Fsp3) is 0.562. The van der Waals surface area contributed by atoms with Crippen molar-refractivity contribution < 1.29 is 20.1 Å². The number of benzene rings is 1. The molecule has 0 aromatic heterocycles. The molecule has 0 radical (unpaired) electrons. The molecule has 1 aromatic carbocycles. The lowest BCUT2D eigenvalue weighted by Crippen LogP contribution is -2.43. The molecular weight excluding hydrogens is 270 g/mol. The van der Waals surface area contributed by atoms with Gasteiger partial charge in [0.05, 0.1) is 17.8 Å². The van der Waals surface area contributed by atoms with Crippen molar-refractivity contribution >= 4 is 5.97 Å². The number of carboxylic acid groups (broad SMARTS) is 1. The Balaban J connectivity index is 0.000000304. The van der Waals surface area contributed by atoms with Gasteiger partial charge in [-0.15, -0.1) is 0 Å². The maximum absolute atomic E-state index is 10.9. The van der Waals surface area contributed by atoms with Crippen molar-refractivity contribution in [3.63, 3.8) is 0 Å². The van der Waals surface area contributed by atoms with E-state index in [1.165, 1.54) is 6.07 Å². The van der Waals surface area contributed by atoms with E-state index in [-0.39, 0.29) is 17.7 Å². The van der Waals surface area contributed by atoms with Crippen molar-refractivity contribution in [2.24, 2.45) is 5.73 Å². The molecule has 0 aliphatic heterocycles. The third-order valence-electron chi connectivity index (χ3n) is 3.67. The Morgan fingerprint density at radius 2 is 2.00 bits per heavy atom. The molecule has 1 saturated carbocycles. The van der Waals surface area contributed by atoms with Gasteiger partial charge in [-0.25, -0.2) is 4.79 Å². The molecule has 21 heavy (non-hydrogen) atoms. The molecule has 2 rings (SSSR count). The Kier molecular flexibility index (Phi) is 7.36. The normalized spacial score (nSPS) is 21.7. The van der Waals surface area contributed by atoms with Gasteiger partial charge in [-0.2, -0.15) is 0 Å². The molecule has 1 aliphatic carbocycles. The number of carbonyl (C=O) groups is 1. The zero-order chi connectivity index (χ0) is 15.8. The van der Waals surface area contributed by atoms with Crippen molar-refractivity contribution in [2.75, 3.05) is 0 Å². The first-order chi connectivity index (χ1) is 9.97. The van der Waals surface area contributed by atoms with E-state index in [4.69, 9.17) is 15.9 Å². The minimum absolute atomic E-state index is 0.0880. The third kappa shape index (κ3) is 5.46. The smallest absolute Gasteiger partial charge is 0.336 e. The predicted molar refractivity (Wildman–Crippen MR) is 81.1 cm³/mol. The van der Waals surface area contributed by atoms with Gasteiger partial charge in [0.1, 0.15) is 0 Å². The summed E-state index contributed by atoms with van der Waals surface area (Å²) < 4.78 is 0. The fourth-order valence-electron chi connectivity index (χ4n) is 2.04. The van der Waals surface area contributed by atoms with Crippen LogP contribution in [0.1, 0.15) is 61.1 Å². The van der Waals surface area contributed by atoms with Crippen LogP contribution in [-0.2, 0) is 0 Å².